The molecule has 76 valence electrons. The lowest BCUT2D eigenvalue weighted by atomic mass is 10.1. The van der Waals surface area contributed by atoms with E-state index in [1.54, 1.807) is 12.3 Å². The first-order chi connectivity index (χ1) is 7.16. The maximum absolute atomic E-state index is 9.34. The van der Waals surface area contributed by atoms with Crippen molar-refractivity contribution in [3.8, 4) is 22.8 Å². The van der Waals surface area contributed by atoms with E-state index >= 15 is 0 Å². The molecule has 2 rings (SSSR count). The average molecular weight is 313 g/mol. The number of rotatable bonds is 1. The van der Waals surface area contributed by atoms with Crippen LogP contribution in [0.25, 0.3) is 11.3 Å². The molecule has 0 atom stereocenters. The summed E-state index contributed by atoms with van der Waals surface area (Å²) in [5.74, 6) is -0.253. The lowest BCUT2D eigenvalue weighted by molar-refractivity contribution is 0.404. The highest BCUT2D eigenvalue weighted by atomic mass is 127. The van der Waals surface area contributed by atoms with E-state index < -0.39 is 0 Å². The Kier molecular flexibility index (Phi) is 2.77. The summed E-state index contributed by atoms with van der Waals surface area (Å²) < 4.78 is 1.05. The zero-order chi connectivity index (χ0) is 10.8. The molecule has 0 saturated heterocycles. The number of aromatic hydroxyl groups is 2. The largest absolute Gasteiger partial charge is 0.504 e. The normalized spacial score (nSPS) is 10.2. The van der Waals surface area contributed by atoms with Gasteiger partial charge in [-0.15, -0.1) is 0 Å². The van der Waals surface area contributed by atoms with E-state index in [4.69, 9.17) is 5.11 Å². The smallest absolute Gasteiger partial charge is 0.158 e. The number of benzene rings is 1. The predicted octanol–water partition coefficient (Wildman–Crippen LogP) is 2.76. The Balaban J connectivity index is 2.45. The number of aromatic nitrogens is 1. The SMILES string of the molecule is Oc1ccc(-c2ccc(I)cn2)cc1O. The number of phenols is 2. The Morgan fingerprint density at radius 2 is 1.80 bits per heavy atom. The average Bonchev–Trinajstić information content (AvgIpc) is 2.23. The van der Waals surface area contributed by atoms with Crippen molar-refractivity contribution in [3.05, 3.63) is 40.1 Å². The van der Waals surface area contributed by atoms with Crippen LogP contribution in [0.15, 0.2) is 36.5 Å². The summed E-state index contributed by atoms with van der Waals surface area (Å²) in [5, 5.41) is 18.5. The van der Waals surface area contributed by atoms with Crippen molar-refractivity contribution in [2.24, 2.45) is 0 Å². The number of hydrogen-bond acceptors (Lipinski definition) is 3. The first-order valence-corrected chi connectivity index (χ1v) is 5.38. The second-order valence-corrected chi connectivity index (χ2v) is 4.31. The van der Waals surface area contributed by atoms with Gasteiger partial charge in [0.1, 0.15) is 0 Å². The molecule has 2 aromatic rings. The number of nitrogens with zero attached hydrogens (tertiary/aromatic N) is 1. The highest BCUT2D eigenvalue weighted by molar-refractivity contribution is 14.1. The molecule has 1 aromatic heterocycles. The van der Waals surface area contributed by atoms with Crippen molar-refractivity contribution >= 4 is 22.6 Å². The molecular formula is C11H8INO2. The minimum atomic E-state index is -0.132. The van der Waals surface area contributed by atoms with Gasteiger partial charge in [0.15, 0.2) is 11.5 Å². The second kappa shape index (κ2) is 4.06. The number of hydrogen-bond donors (Lipinski definition) is 2. The van der Waals surface area contributed by atoms with Gasteiger partial charge in [-0.3, -0.25) is 4.98 Å². The molecule has 0 spiro atoms. The fraction of sp³-hybridized carbons (Fsp3) is 0. The van der Waals surface area contributed by atoms with Crippen LogP contribution in [0.1, 0.15) is 0 Å². The van der Waals surface area contributed by atoms with Crippen molar-refractivity contribution in [1.29, 1.82) is 0 Å². The molecule has 4 heteroatoms. The highest BCUT2D eigenvalue weighted by Crippen LogP contribution is 2.29. The summed E-state index contributed by atoms with van der Waals surface area (Å²) in [7, 11) is 0. The third-order valence-corrected chi connectivity index (χ3v) is 2.64. The third kappa shape index (κ3) is 2.20. The Morgan fingerprint density at radius 3 is 2.40 bits per heavy atom. The zero-order valence-corrected chi connectivity index (χ0v) is 9.84. The van der Waals surface area contributed by atoms with Crippen LogP contribution in [0.4, 0.5) is 0 Å². The van der Waals surface area contributed by atoms with Crippen LogP contribution in [0, 0.1) is 3.57 Å². The van der Waals surface area contributed by atoms with Crippen molar-refractivity contribution in [3.63, 3.8) is 0 Å². The lowest BCUT2D eigenvalue weighted by Crippen LogP contribution is -1.83. The van der Waals surface area contributed by atoms with E-state index in [0.717, 1.165) is 14.8 Å². The van der Waals surface area contributed by atoms with E-state index in [1.165, 1.54) is 12.1 Å². The zero-order valence-electron chi connectivity index (χ0n) is 7.68. The lowest BCUT2D eigenvalue weighted by Gasteiger charge is -2.02. The van der Waals surface area contributed by atoms with Gasteiger partial charge in [0, 0.05) is 15.3 Å². The minimum Gasteiger partial charge on any atom is -0.504 e. The van der Waals surface area contributed by atoms with Gasteiger partial charge >= 0.3 is 0 Å². The van der Waals surface area contributed by atoms with Gasteiger partial charge < -0.3 is 10.2 Å². The molecule has 2 N–H and O–H groups in total. The first kappa shape index (κ1) is 10.2. The van der Waals surface area contributed by atoms with Crippen molar-refractivity contribution < 1.29 is 10.2 Å². The summed E-state index contributed by atoms with van der Waals surface area (Å²) in [6.45, 7) is 0. The summed E-state index contributed by atoms with van der Waals surface area (Å²) in [5.41, 5.74) is 1.55. The summed E-state index contributed by atoms with van der Waals surface area (Å²) in [6.07, 6.45) is 1.75. The maximum Gasteiger partial charge on any atom is 0.158 e. The van der Waals surface area contributed by atoms with Gasteiger partial charge in [0.05, 0.1) is 5.69 Å². The Bertz CT molecular complexity index is 482. The second-order valence-electron chi connectivity index (χ2n) is 3.07. The molecule has 1 aromatic carbocycles. The quantitative estimate of drug-likeness (QED) is 0.629. The Morgan fingerprint density at radius 1 is 1.00 bits per heavy atom. The molecule has 1 heterocycles. The van der Waals surface area contributed by atoms with Gasteiger partial charge in [-0.25, -0.2) is 0 Å². The molecule has 0 aliphatic carbocycles. The van der Waals surface area contributed by atoms with Crippen LogP contribution in [-0.4, -0.2) is 15.2 Å². The number of halogens is 1. The molecule has 0 amide bonds. The van der Waals surface area contributed by atoms with Crippen LogP contribution in [0.2, 0.25) is 0 Å². The molecule has 15 heavy (non-hydrogen) atoms. The van der Waals surface area contributed by atoms with Crippen molar-refractivity contribution in [2.75, 3.05) is 0 Å². The Labute approximate surface area is 101 Å². The van der Waals surface area contributed by atoms with E-state index in [1.807, 2.05) is 12.1 Å². The maximum atomic E-state index is 9.34. The molecule has 0 unspecified atom stereocenters. The van der Waals surface area contributed by atoms with Gasteiger partial charge in [-0.05, 0) is 52.9 Å². The standard InChI is InChI=1S/C11H8INO2/c12-8-2-3-9(13-6-8)7-1-4-10(14)11(15)5-7/h1-6,14-15H. The fourth-order valence-corrected chi connectivity index (χ4v) is 1.55. The van der Waals surface area contributed by atoms with Gasteiger partial charge in [-0.1, -0.05) is 0 Å². The molecule has 0 bridgehead atoms. The van der Waals surface area contributed by atoms with Crippen LogP contribution in [0.3, 0.4) is 0 Å². The van der Waals surface area contributed by atoms with Crippen molar-refractivity contribution in [2.45, 2.75) is 0 Å². The molecule has 0 saturated carbocycles. The fourth-order valence-electron chi connectivity index (χ4n) is 1.23. The molecule has 0 aliphatic rings. The molecule has 3 nitrogen and oxygen atoms in total. The first-order valence-electron chi connectivity index (χ1n) is 4.31. The van der Waals surface area contributed by atoms with Gasteiger partial charge in [0.25, 0.3) is 0 Å². The van der Waals surface area contributed by atoms with E-state index in [0.29, 0.717) is 0 Å². The highest BCUT2D eigenvalue weighted by Gasteiger charge is 2.03. The predicted molar refractivity (Wildman–Crippen MR) is 65.7 cm³/mol. The number of pyridine rings is 1. The van der Waals surface area contributed by atoms with Crippen LogP contribution >= 0.6 is 22.6 Å². The van der Waals surface area contributed by atoms with Gasteiger partial charge in [-0.2, -0.15) is 0 Å². The summed E-state index contributed by atoms with van der Waals surface area (Å²) >= 11 is 2.18. The third-order valence-electron chi connectivity index (χ3n) is 2.00. The van der Waals surface area contributed by atoms with E-state index in [9.17, 15) is 5.11 Å². The summed E-state index contributed by atoms with van der Waals surface area (Å²) in [6, 6.07) is 8.46. The van der Waals surface area contributed by atoms with Crippen LogP contribution in [-0.2, 0) is 0 Å². The molecular weight excluding hydrogens is 305 g/mol. The molecule has 0 aliphatic heterocycles. The monoisotopic (exact) mass is 313 g/mol. The minimum absolute atomic E-state index is 0.121. The molecule has 0 fully saturated rings. The number of phenolic OH excluding ortho intramolecular Hbond substituents is 2. The summed E-state index contributed by atoms with van der Waals surface area (Å²) in [4.78, 5) is 4.22. The topological polar surface area (TPSA) is 53.4 Å². The van der Waals surface area contributed by atoms with E-state index in [-0.39, 0.29) is 11.5 Å². The Hall–Kier alpha value is -1.30. The van der Waals surface area contributed by atoms with E-state index in [2.05, 4.69) is 27.6 Å². The van der Waals surface area contributed by atoms with Crippen LogP contribution in [0.5, 0.6) is 11.5 Å². The van der Waals surface area contributed by atoms with Crippen LogP contribution < -0.4 is 0 Å². The van der Waals surface area contributed by atoms with Gasteiger partial charge in [0.2, 0.25) is 0 Å². The molecule has 0 radical (unpaired) electrons. The van der Waals surface area contributed by atoms with Crippen molar-refractivity contribution in [1.82, 2.24) is 4.98 Å².